The Bertz CT molecular complexity index is 1210. The molecule has 0 unspecified atom stereocenters. The second-order valence-corrected chi connectivity index (χ2v) is 10.4. The monoisotopic (exact) mass is 515 g/mol. The van der Waals surface area contributed by atoms with Gasteiger partial charge in [0.05, 0.1) is 28.6 Å². The number of fused-ring (bicyclic) bond motifs is 1. The first-order chi connectivity index (χ1) is 16.6. The van der Waals surface area contributed by atoms with Crippen LogP contribution >= 0.6 is 34.7 Å². The van der Waals surface area contributed by atoms with Crippen LogP contribution in [0, 0.1) is 0 Å². The average Bonchev–Trinajstić information content (AvgIpc) is 3.51. The van der Waals surface area contributed by atoms with Gasteiger partial charge < -0.3 is 19.3 Å². The third-order valence-electron chi connectivity index (χ3n) is 5.71. The molecule has 1 aromatic heterocycles. The van der Waals surface area contributed by atoms with E-state index in [-0.39, 0.29) is 30.7 Å². The number of para-hydroxylation sites is 1. The third-order valence-corrected chi connectivity index (χ3v) is 8.10. The summed E-state index contributed by atoms with van der Waals surface area (Å²) in [6.07, 6.45) is 0.263. The number of thiazole rings is 1. The van der Waals surface area contributed by atoms with Gasteiger partial charge in [-0.05, 0) is 30.3 Å². The van der Waals surface area contributed by atoms with Gasteiger partial charge in [-0.3, -0.25) is 9.59 Å². The first kappa shape index (κ1) is 23.0. The summed E-state index contributed by atoms with van der Waals surface area (Å²) in [6, 6.07) is 13.0. The number of amides is 1. The standard InChI is InChI=1S/C24H22ClN3O4S2/c25-18-3-1-2-4-19(18)27-7-9-28(10-8-27)23(30)12-17-13-33-24(26-17)34-14-20(29)16-5-6-21-22(11-16)32-15-31-21/h1-6,11,13H,7-10,12,14-15H2. The van der Waals surface area contributed by atoms with E-state index < -0.39 is 0 Å². The van der Waals surface area contributed by atoms with E-state index in [9.17, 15) is 9.59 Å². The van der Waals surface area contributed by atoms with Crippen LogP contribution < -0.4 is 14.4 Å². The number of nitrogens with zero attached hydrogens (tertiary/aromatic N) is 3. The largest absolute Gasteiger partial charge is 0.454 e. The number of hydrogen-bond acceptors (Lipinski definition) is 8. The number of rotatable bonds is 7. The third kappa shape index (κ3) is 5.16. The number of ether oxygens (including phenoxy) is 2. The fourth-order valence-electron chi connectivity index (χ4n) is 3.89. The number of benzene rings is 2. The van der Waals surface area contributed by atoms with Crippen molar-refractivity contribution < 1.29 is 19.1 Å². The van der Waals surface area contributed by atoms with Crippen molar-refractivity contribution in [2.45, 2.75) is 10.8 Å². The highest BCUT2D eigenvalue weighted by Crippen LogP contribution is 2.33. The van der Waals surface area contributed by atoms with E-state index in [2.05, 4.69) is 9.88 Å². The van der Waals surface area contributed by atoms with Crippen LogP contribution in [0.25, 0.3) is 0 Å². The number of anilines is 1. The van der Waals surface area contributed by atoms with Gasteiger partial charge in [0.2, 0.25) is 12.7 Å². The molecule has 0 bridgehead atoms. The molecule has 7 nitrogen and oxygen atoms in total. The van der Waals surface area contributed by atoms with Gasteiger partial charge in [-0.15, -0.1) is 11.3 Å². The molecule has 1 fully saturated rings. The second-order valence-electron chi connectivity index (χ2n) is 7.88. The second kappa shape index (κ2) is 10.2. The number of halogens is 1. The van der Waals surface area contributed by atoms with Crippen LogP contribution in [0.15, 0.2) is 52.2 Å². The molecule has 10 heteroatoms. The zero-order valence-electron chi connectivity index (χ0n) is 18.2. The number of aromatic nitrogens is 1. The fourth-order valence-corrected chi connectivity index (χ4v) is 5.88. The summed E-state index contributed by atoms with van der Waals surface area (Å²) in [4.78, 5) is 34.0. The van der Waals surface area contributed by atoms with Crippen molar-refractivity contribution in [1.82, 2.24) is 9.88 Å². The maximum absolute atomic E-state index is 12.8. The highest BCUT2D eigenvalue weighted by atomic mass is 35.5. The molecule has 3 aromatic rings. The summed E-state index contributed by atoms with van der Waals surface area (Å²) >= 11 is 9.14. The van der Waals surface area contributed by atoms with E-state index in [1.54, 1.807) is 18.2 Å². The van der Waals surface area contributed by atoms with Gasteiger partial charge in [-0.25, -0.2) is 4.98 Å². The average molecular weight is 516 g/mol. The zero-order valence-corrected chi connectivity index (χ0v) is 20.6. The number of piperazine rings is 1. The first-order valence-electron chi connectivity index (χ1n) is 10.8. The van der Waals surface area contributed by atoms with Crippen molar-refractivity contribution in [3.8, 4) is 11.5 Å². The van der Waals surface area contributed by atoms with Crippen molar-refractivity contribution >= 4 is 52.1 Å². The molecule has 3 heterocycles. The van der Waals surface area contributed by atoms with Crippen LogP contribution in [-0.2, 0) is 11.2 Å². The lowest BCUT2D eigenvalue weighted by Crippen LogP contribution is -2.49. The minimum absolute atomic E-state index is 0.00693. The summed E-state index contributed by atoms with van der Waals surface area (Å²) in [6.45, 7) is 2.98. The topological polar surface area (TPSA) is 72.0 Å². The molecule has 0 N–H and O–H groups in total. The van der Waals surface area contributed by atoms with Crippen LogP contribution in [0.5, 0.6) is 11.5 Å². The Labute approximate surface area is 210 Å². The SMILES string of the molecule is O=C(CSc1nc(CC(=O)N2CCN(c3ccccc3Cl)CC2)cs1)c1ccc2c(c1)OCO2. The van der Waals surface area contributed by atoms with Crippen molar-refractivity contribution in [3.63, 3.8) is 0 Å². The van der Waals surface area contributed by atoms with E-state index in [1.165, 1.54) is 23.1 Å². The maximum Gasteiger partial charge on any atom is 0.231 e. The van der Waals surface area contributed by atoms with Crippen molar-refractivity contribution in [1.29, 1.82) is 0 Å². The predicted octanol–water partition coefficient (Wildman–Crippen LogP) is 4.39. The fraction of sp³-hybridized carbons (Fsp3) is 0.292. The first-order valence-corrected chi connectivity index (χ1v) is 13.1. The Hall–Kier alpha value is -2.75. The molecule has 0 atom stereocenters. The molecular weight excluding hydrogens is 494 g/mol. The predicted molar refractivity (Wildman–Crippen MR) is 134 cm³/mol. The molecule has 176 valence electrons. The Morgan fingerprint density at radius 1 is 1.06 bits per heavy atom. The van der Waals surface area contributed by atoms with Crippen molar-refractivity contribution in [2.75, 3.05) is 43.6 Å². The van der Waals surface area contributed by atoms with Gasteiger partial charge in [0, 0.05) is 37.1 Å². The molecule has 34 heavy (non-hydrogen) atoms. The normalized spacial score (nSPS) is 15.0. The summed E-state index contributed by atoms with van der Waals surface area (Å²) in [5.41, 5.74) is 2.33. The molecule has 1 amide bonds. The van der Waals surface area contributed by atoms with Gasteiger partial charge in [0.25, 0.3) is 0 Å². The molecule has 2 aromatic carbocycles. The van der Waals surface area contributed by atoms with Gasteiger partial charge in [0.15, 0.2) is 21.6 Å². The van der Waals surface area contributed by atoms with Crippen molar-refractivity contribution in [2.24, 2.45) is 0 Å². The van der Waals surface area contributed by atoms with E-state index in [0.717, 1.165) is 33.8 Å². The van der Waals surface area contributed by atoms with Gasteiger partial charge in [-0.1, -0.05) is 35.5 Å². The quantitative estimate of drug-likeness (QED) is 0.341. The minimum atomic E-state index is -0.00693. The Morgan fingerprint density at radius 3 is 2.68 bits per heavy atom. The Balaban J connectivity index is 1.10. The van der Waals surface area contributed by atoms with Gasteiger partial charge in [0.1, 0.15) is 0 Å². The minimum Gasteiger partial charge on any atom is -0.454 e. The van der Waals surface area contributed by atoms with Crippen LogP contribution in [0.1, 0.15) is 16.1 Å². The summed E-state index contributed by atoms with van der Waals surface area (Å²) in [5.74, 6) is 1.58. The van der Waals surface area contributed by atoms with Crippen LogP contribution in [-0.4, -0.2) is 60.3 Å². The van der Waals surface area contributed by atoms with Gasteiger partial charge >= 0.3 is 0 Å². The summed E-state index contributed by atoms with van der Waals surface area (Å²) < 4.78 is 11.4. The zero-order chi connectivity index (χ0) is 23.5. The molecule has 2 aliphatic rings. The smallest absolute Gasteiger partial charge is 0.231 e. The molecule has 2 aliphatic heterocycles. The lowest BCUT2D eigenvalue weighted by atomic mass is 10.1. The van der Waals surface area contributed by atoms with E-state index in [0.29, 0.717) is 30.2 Å². The highest BCUT2D eigenvalue weighted by molar-refractivity contribution is 8.01. The lowest BCUT2D eigenvalue weighted by Gasteiger charge is -2.36. The number of ketones is 1. The Kier molecular flexibility index (Phi) is 6.94. The van der Waals surface area contributed by atoms with Crippen LogP contribution in [0.3, 0.4) is 0 Å². The lowest BCUT2D eigenvalue weighted by molar-refractivity contribution is -0.130. The van der Waals surface area contributed by atoms with Crippen molar-refractivity contribution in [3.05, 3.63) is 64.1 Å². The maximum atomic E-state index is 12.8. The molecule has 0 radical (unpaired) electrons. The number of Topliss-reactive ketones (excluding diaryl/α,β-unsaturated/α-hetero) is 1. The highest BCUT2D eigenvalue weighted by Gasteiger charge is 2.23. The number of carbonyl (C=O) groups is 2. The molecule has 0 saturated carbocycles. The van der Waals surface area contributed by atoms with E-state index >= 15 is 0 Å². The van der Waals surface area contributed by atoms with E-state index in [4.69, 9.17) is 21.1 Å². The molecule has 5 rings (SSSR count). The number of carbonyl (C=O) groups excluding carboxylic acids is 2. The summed E-state index contributed by atoms with van der Waals surface area (Å²) in [7, 11) is 0. The Morgan fingerprint density at radius 2 is 1.85 bits per heavy atom. The van der Waals surface area contributed by atoms with Crippen LogP contribution in [0.4, 0.5) is 5.69 Å². The molecule has 0 aliphatic carbocycles. The van der Waals surface area contributed by atoms with Crippen LogP contribution in [0.2, 0.25) is 5.02 Å². The molecule has 1 saturated heterocycles. The summed E-state index contributed by atoms with van der Waals surface area (Å²) in [5, 5.41) is 2.62. The van der Waals surface area contributed by atoms with Gasteiger partial charge in [-0.2, -0.15) is 0 Å². The number of hydrogen-bond donors (Lipinski definition) is 0. The molecule has 0 spiro atoms. The molecular formula is C24H22ClN3O4S2. The van der Waals surface area contributed by atoms with E-state index in [1.807, 2.05) is 34.5 Å². The number of thioether (sulfide) groups is 1.